The van der Waals surface area contributed by atoms with E-state index in [9.17, 15) is 0 Å². The van der Waals surface area contributed by atoms with Crippen molar-refractivity contribution in [3.63, 3.8) is 0 Å². The van der Waals surface area contributed by atoms with Crippen LogP contribution in [0.5, 0.6) is 0 Å². The summed E-state index contributed by atoms with van der Waals surface area (Å²) >= 11 is 0. The van der Waals surface area contributed by atoms with Crippen LogP contribution in [0.1, 0.15) is 146 Å². The van der Waals surface area contributed by atoms with Crippen LogP contribution in [0.25, 0.3) is 0 Å². The van der Waals surface area contributed by atoms with Gasteiger partial charge in [0.1, 0.15) is 0 Å². The van der Waals surface area contributed by atoms with Gasteiger partial charge in [-0.15, -0.1) is 0 Å². The Labute approximate surface area is 188 Å². The lowest BCUT2D eigenvalue weighted by molar-refractivity contribution is 0.255. The summed E-state index contributed by atoms with van der Waals surface area (Å²) < 4.78 is 0. The second kappa shape index (κ2) is 12.9. The summed E-state index contributed by atoms with van der Waals surface area (Å²) in [5, 5.41) is 0. The van der Waals surface area contributed by atoms with Crippen molar-refractivity contribution in [3.8, 4) is 0 Å². The molecule has 30 heavy (non-hydrogen) atoms. The van der Waals surface area contributed by atoms with Crippen LogP contribution in [0.2, 0.25) is 0 Å². The largest absolute Gasteiger partial charge is 0.0654 e. The Morgan fingerprint density at radius 2 is 1.17 bits per heavy atom. The van der Waals surface area contributed by atoms with Gasteiger partial charge in [0.05, 0.1) is 0 Å². The van der Waals surface area contributed by atoms with Crippen LogP contribution in [0.15, 0.2) is 24.3 Å². The molecule has 2 fully saturated rings. The van der Waals surface area contributed by atoms with Gasteiger partial charge in [-0.25, -0.2) is 0 Å². The van der Waals surface area contributed by atoms with Crippen molar-refractivity contribution in [2.24, 2.45) is 17.8 Å². The number of hydrogen-bond donors (Lipinski definition) is 0. The molecule has 1 unspecified atom stereocenters. The van der Waals surface area contributed by atoms with E-state index in [0.717, 1.165) is 29.6 Å². The third-order valence-electron chi connectivity index (χ3n) is 8.75. The summed E-state index contributed by atoms with van der Waals surface area (Å²) in [5.74, 6) is 4.68. The fourth-order valence-electron chi connectivity index (χ4n) is 6.50. The molecule has 2 aliphatic rings. The Kier molecular flexibility index (Phi) is 10.3. The zero-order chi connectivity index (χ0) is 21.2. The minimum atomic E-state index is 0.829. The van der Waals surface area contributed by atoms with Crippen molar-refractivity contribution < 1.29 is 0 Å². The first-order valence-corrected chi connectivity index (χ1v) is 13.8. The van der Waals surface area contributed by atoms with E-state index in [4.69, 9.17) is 0 Å². The second-order valence-electron chi connectivity index (χ2n) is 10.9. The monoisotopic (exact) mass is 410 g/mol. The lowest BCUT2D eigenvalue weighted by Crippen LogP contribution is -2.17. The average molecular weight is 411 g/mol. The highest BCUT2D eigenvalue weighted by atomic mass is 14.3. The first kappa shape index (κ1) is 23.9. The van der Waals surface area contributed by atoms with Crippen LogP contribution in [-0.4, -0.2) is 0 Å². The number of unbranched alkanes of at least 4 members (excludes halogenated alkanes) is 2. The zero-order valence-corrected chi connectivity index (χ0v) is 20.5. The Balaban J connectivity index is 1.43. The molecular weight excluding hydrogens is 360 g/mol. The van der Waals surface area contributed by atoms with Gasteiger partial charge in [0.15, 0.2) is 0 Å². The second-order valence-corrected chi connectivity index (χ2v) is 10.9. The van der Waals surface area contributed by atoms with Gasteiger partial charge in [0.25, 0.3) is 0 Å². The maximum absolute atomic E-state index is 2.50. The van der Waals surface area contributed by atoms with Crippen molar-refractivity contribution in [2.45, 2.75) is 135 Å². The fourth-order valence-corrected chi connectivity index (χ4v) is 6.50. The maximum atomic E-state index is 2.50. The van der Waals surface area contributed by atoms with Gasteiger partial charge in [0, 0.05) is 0 Å². The molecule has 0 amide bonds. The van der Waals surface area contributed by atoms with E-state index >= 15 is 0 Å². The molecule has 0 radical (unpaired) electrons. The molecule has 170 valence electrons. The molecule has 0 bridgehead atoms. The lowest BCUT2D eigenvalue weighted by Gasteiger charge is -2.32. The summed E-state index contributed by atoms with van der Waals surface area (Å²) in [6.07, 6.45) is 23.0. The van der Waals surface area contributed by atoms with Crippen LogP contribution >= 0.6 is 0 Å². The molecule has 0 nitrogen and oxygen atoms in total. The average Bonchev–Trinajstić information content (AvgIpc) is 2.81. The molecule has 2 aliphatic carbocycles. The highest BCUT2D eigenvalue weighted by Gasteiger charge is 2.25. The van der Waals surface area contributed by atoms with Gasteiger partial charge < -0.3 is 0 Å². The molecule has 0 heteroatoms. The predicted octanol–water partition coefficient (Wildman–Crippen LogP) is 10.0. The first-order chi connectivity index (χ1) is 14.7. The van der Waals surface area contributed by atoms with E-state index in [1.54, 1.807) is 11.1 Å². The third kappa shape index (κ3) is 7.13. The van der Waals surface area contributed by atoms with Gasteiger partial charge in [-0.3, -0.25) is 0 Å². The topological polar surface area (TPSA) is 0 Å². The van der Waals surface area contributed by atoms with Crippen molar-refractivity contribution in [1.29, 1.82) is 0 Å². The lowest BCUT2D eigenvalue weighted by atomic mass is 9.74. The SMILES string of the molecule is CCCCC(CC)C[C@H]1CC[C@H](c2ccc([C@H]3CC[C@H](CCCC)CC3)cc2)CC1. The van der Waals surface area contributed by atoms with E-state index in [2.05, 4.69) is 45.0 Å². The molecule has 1 atom stereocenters. The maximum Gasteiger partial charge on any atom is -0.0162 e. The Hall–Kier alpha value is -0.780. The Bertz CT molecular complexity index is 554. The fraction of sp³-hybridized carbons (Fsp3) is 0.800. The predicted molar refractivity (Wildman–Crippen MR) is 133 cm³/mol. The van der Waals surface area contributed by atoms with E-state index in [1.807, 2.05) is 0 Å². The summed E-state index contributed by atoms with van der Waals surface area (Å²) in [5.41, 5.74) is 3.26. The summed E-state index contributed by atoms with van der Waals surface area (Å²) in [4.78, 5) is 0. The van der Waals surface area contributed by atoms with Crippen LogP contribution in [-0.2, 0) is 0 Å². The smallest absolute Gasteiger partial charge is 0.0162 e. The first-order valence-electron chi connectivity index (χ1n) is 13.8. The van der Waals surface area contributed by atoms with Gasteiger partial charge in [-0.1, -0.05) is 90.0 Å². The highest BCUT2D eigenvalue weighted by molar-refractivity contribution is 5.28. The van der Waals surface area contributed by atoms with E-state index in [1.165, 1.54) is 103 Å². The molecule has 0 saturated heterocycles. The van der Waals surface area contributed by atoms with E-state index in [-0.39, 0.29) is 0 Å². The Morgan fingerprint density at radius 1 is 0.667 bits per heavy atom. The molecular formula is C30H50. The molecule has 1 aromatic carbocycles. The molecule has 1 aromatic rings. The van der Waals surface area contributed by atoms with E-state index < -0.39 is 0 Å². The molecule has 0 spiro atoms. The molecule has 3 rings (SSSR count). The minimum absolute atomic E-state index is 0.829. The summed E-state index contributed by atoms with van der Waals surface area (Å²) in [6.45, 7) is 7.07. The molecule has 0 N–H and O–H groups in total. The van der Waals surface area contributed by atoms with Crippen molar-refractivity contribution >= 4 is 0 Å². The zero-order valence-electron chi connectivity index (χ0n) is 20.5. The standard InChI is InChI=1S/C30H50/c1-4-7-9-24(6-3)23-26-13-17-28(18-14-26)30-21-19-29(20-22-30)27-15-11-25(12-16-27)10-8-5-2/h19-22,24-28H,4-18,23H2,1-3H3/t24?,25-,26-,27-,28-. The van der Waals surface area contributed by atoms with Gasteiger partial charge >= 0.3 is 0 Å². The Morgan fingerprint density at radius 3 is 1.63 bits per heavy atom. The van der Waals surface area contributed by atoms with Crippen molar-refractivity contribution in [1.82, 2.24) is 0 Å². The molecule has 0 heterocycles. The summed E-state index contributed by atoms with van der Waals surface area (Å²) in [7, 11) is 0. The van der Waals surface area contributed by atoms with Crippen LogP contribution < -0.4 is 0 Å². The van der Waals surface area contributed by atoms with Crippen LogP contribution in [0.4, 0.5) is 0 Å². The van der Waals surface area contributed by atoms with E-state index in [0.29, 0.717) is 0 Å². The van der Waals surface area contributed by atoms with Crippen LogP contribution in [0.3, 0.4) is 0 Å². The quantitative estimate of drug-likeness (QED) is 0.340. The minimum Gasteiger partial charge on any atom is -0.0654 e. The molecule has 2 saturated carbocycles. The molecule has 0 aliphatic heterocycles. The van der Waals surface area contributed by atoms with Gasteiger partial charge in [-0.2, -0.15) is 0 Å². The normalized spacial score (nSPS) is 28.4. The van der Waals surface area contributed by atoms with Crippen molar-refractivity contribution in [3.05, 3.63) is 35.4 Å². The van der Waals surface area contributed by atoms with Gasteiger partial charge in [-0.05, 0) is 98.5 Å². The summed E-state index contributed by atoms with van der Waals surface area (Å²) in [6, 6.07) is 9.99. The number of benzene rings is 1. The van der Waals surface area contributed by atoms with Gasteiger partial charge in [0.2, 0.25) is 0 Å². The molecule has 0 aromatic heterocycles. The number of hydrogen-bond acceptors (Lipinski definition) is 0. The highest BCUT2D eigenvalue weighted by Crippen LogP contribution is 2.41. The van der Waals surface area contributed by atoms with Crippen LogP contribution in [0, 0.1) is 17.8 Å². The van der Waals surface area contributed by atoms with Crippen molar-refractivity contribution in [2.75, 3.05) is 0 Å². The third-order valence-corrected chi connectivity index (χ3v) is 8.75. The number of rotatable bonds is 11.